The number of hydrogen-bond donors (Lipinski definition) is 2. The van der Waals surface area contributed by atoms with Gasteiger partial charge in [-0.1, -0.05) is 18.5 Å². The highest BCUT2D eigenvalue weighted by molar-refractivity contribution is 6.32. The van der Waals surface area contributed by atoms with Crippen LogP contribution in [0.25, 0.3) is 10.9 Å². The van der Waals surface area contributed by atoms with E-state index in [0.29, 0.717) is 41.4 Å². The summed E-state index contributed by atoms with van der Waals surface area (Å²) in [6, 6.07) is 7.22. The molecule has 1 aliphatic rings. The van der Waals surface area contributed by atoms with Gasteiger partial charge in [0, 0.05) is 44.9 Å². The fourth-order valence-corrected chi connectivity index (χ4v) is 4.24. The summed E-state index contributed by atoms with van der Waals surface area (Å²) in [7, 11) is 3.09. The van der Waals surface area contributed by atoms with Crippen molar-refractivity contribution in [3.63, 3.8) is 0 Å². The number of rotatable bonds is 9. The van der Waals surface area contributed by atoms with Crippen molar-refractivity contribution in [1.29, 1.82) is 0 Å². The Morgan fingerprint density at radius 3 is 2.75 bits per heavy atom. The van der Waals surface area contributed by atoms with Crippen LogP contribution >= 0.6 is 11.6 Å². The van der Waals surface area contributed by atoms with E-state index in [-0.39, 0.29) is 23.8 Å². The Morgan fingerprint density at radius 1 is 1.25 bits per heavy atom. The quantitative estimate of drug-likeness (QED) is 0.448. The van der Waals surface area contributed by atoms with Crippen LogP contribution in [0.2, 0.25) is 5.02 Å². The van der Waals surface area contributed by atoms with E-state index in [1.165, 1.54) is 7.05 Å². The summed E-state index contributed by atoms with van der Waals surface area (Å²) < 4.78 is 12.3. The van der Waals surface area contributed by atoms with Crippen molar-refractivity contribution >= 4 is 45.9 Å². The first kappa shape index (κ1) is 25.7. The first-order chi connectivity index (χ1) is 17.4. The number of amides is 1. The van der Waals surface area contributed by atoms with Gasteiger partial charge < -0.3 is 29.6 Å². The number of anilines is 3. The van der Waals surface area contributed by atoms with Crippen LogP contribution in [0.1, 0.15) is 19.8 Å². The summed E-state index contributed by atoms with van der Waals surface area (Å²) in [5.74, 6) is 1.61. The average molecular weight is 515 g/mol. The molecule has 0 saturated carbocycles. The van der Waals surface area contributed by atoms with E-state index in [1.54, 1.807) is 23.9 Å². The Morgan fingerprint density at radius 2 is 2.03 bits per heavy atom. The minimum absolute atomic E-state index is 0.0843. The lowest BCUT2D eigenvalue weighted by Gasteiger charge is -2.30. The normalized spacial score (nSPS) is 14.2. The summed E-state index contributed by atoms with van der Waals surface area (Å²) in [6.45, 7) is 4.52. The van der Waals surface area contributed by atoms with Crippen molar-refractivity contribution < 1.29 is 14.3 Å². The second-order valence-electron chi connectivity index (χ2n) is 8.85. The van der Waals surface area contributed by atoms with Crippen molar-refractivity contribution in [2.75, 3.05) is 50.7 Å². The van der Waals surface area contributed by atoms with Crippen molar-refractivity contribution in [2.24, 2.45) is 5.92 Å². The predicted octanol–water partition coefficient (Wildman–Crippen LogP) is 3.20. The van der Waals surface area contributed by atoms with E-state index in [0.717, 1.165) is 37.0 Å². The zero-order chi connectivity index (χ0) is 25.7. The molecule has 0 bridgehead atoms. The fourth-order valence-electron chi connectivity index (χ4n) is 4.11. The van der Waals surface area contributed by atoms with E-state index in [9.17, 15) is 9.59 Å². The zero-order valence-electron chi connectivity index (χ0n) is 20.7. The Kier molecular flexibility index (Phi) is 8.27. The van der Waals surface area contributed by atoms with Gasteiger partial charge in [0.25, 0.3) is 11.5 Å². The number of hydrogen-bond acceptors (Lipinski definition) is 8. The number of halogens is 1. The second-order valence-corrected chi connectivity index (χ2v) is 9.26. The highest BCUT2D eigenvalue weighted by Gasteiger charge is 2.19. The molecule has 3 aromatic rings. The van der Waals surface area contributed by atoms with E-state index in [4.69, 9.17) is 21.1 Å². The minimum Gasteiger partial charge on any atom is -0.478 e. The van der Waals surface area contributed by atoms with E-state index < -0.39 is 0 Å². The Balaban J connectivity index is 1.65. The standard InChI is InChI=1S/C25H31ClN6O4/c1-16-6-8-31(9-7-16)25-28-14-19(26)23(30-25)29-18-4-5-20-17(12-18)13-21(36-15-22(33)27-2)24(34)32(20)10-11-35-3/h4-5,12-14,16H,6-11,15H2,1-3H3,(H,27,33)(H,28,29,30). The number of carbonyl (C=O) groups excluding carboxylic acids is 1. The van der Waals surface area contributed by atoms with Gasteiger partial charge in [0.1, 0.15) is 5.02 Å². The molecule has 0 aliphatic carbocycles. The third-order valence-corrected chi connectivity index (χ3v) is 6.55. The molecule has 0 radical (unpaired) electrons. The molecule has 2 N–H and O–H groups in total. The first-order valence-electron chi connectivity index (χ1n) is 11.9. The van der Waals surface area contributed by atoms with Gasteiger partial charge >= 0.3 is 0 Å². The number of methoxy groups -OCH3 is 1. The van der Waals surface area contributed by atoms with Crippen LogP contribution in [-0.4, -0.2) is 60.9 Å². The molecular weight excluding hydrogens is 484 g/mol. The smallest absolute Gasteiger partial charge is 0.293 e. The largest absolute Gasteiger partial charge is 0.478 e. The summed E-state index contributed by atoms with van der Waals surface area (Å²) in [5.41, 5.74) is 1.12. The van der Waals surface area contributed by atoms with Crippen molar-refractivity contribution in [3.8, 4) is 5.75 Å². The highest BCUT2D eigenvalue weighted by Crippen LogP contribution is 2.29. The van der Waals surface area contributed by atoms with Crippen LogP contribution in [0.5, 0.6) is 5.75 Å². The van der Waals surface area contributed by atoms with E-state index >= 15 is 0 Å². The Bertz CT molecular complexity index is 1290. The number of pyridine rings is 1. The molecular formula is C25H31ClN6O4. The van der Waals surface area contributed by atoms with Crippen LogP contribution in [0, 0.1) is 5.92 Å². The first-order valence-corrected chi connectivity index (χ1v) is 12.3. The topological polar surface area (TPSA) is 111 Å². The molecule has 1 aromatic carbocycles. The maximum absolute atomic E-state index is 13.0. The summed E-state index contributed by atoms with van der Waals surface area (Å²) in [5, 5.41) is 6.92. The van der Waals surface area contributed by atoms with Crippen LogP contribution in [-0.2, 0) is 16.1 Å². The summed E-state index contributed by atoms with van der Waals surface area (Å²) >= 11 is 6.42. The van der Waals surface area contributed by atoms with Gasteiger partial charge in [0.05, 0.1) is 18.3 Å². The monoisotopic (exact) mass is 514 g/mol. The van der Waals surface area contributed by atoms with Gasteiger partial charge in [0.2, 0.25) is 5.95 Å². The molecule has 36 heavy (non-hydrogen) atoms. The molecule has 192 valence electrons. The summed E-state index contributed by atoms with van der Waals surface area (Å²) in [6.07, 6.45) is 3.82. The third kappa shape index (κ3) is 5.88. The lowest BCUT2D eigenvalue weighted by Crippen LogP contribution is -2.34. The van der Waals surface area contributed by atoms with Gasteiger partial charge in [-0.25, -0.2) is 4.98 Å². The van der Waals surface area contributed by atoms with Crippen LogP contribution in [0.4, 0.5) is 17.5 Å². The van der Waals surface area contributed by atoms with Crippen LogP contribution in [0.15, 0.2) is 35.3 Å². The lowest BCUT2D eigenvalue weighted by molar-refractivity contribution is -0.122. The molecule has 1 aliphatic heterocycles. The number of nitrogens with one attached hydrogen (secondary N) is 2. The average Bonchev–Trinajstić information content (AvgIpc) is 2.88. The van der Waals surface area contributed by atoms with Gasteiger partial charge in [-0.2, -0.15) is 4.98 Å². The van der Waals surface area contributed by atoms with E-state index in [2.05, 4.69) is 32.4 Å². The molecule has 1 saturated heterocycles. The van der Waals surface area contributed by atoms with Gasteiger partial charge in [-0.15, -0.1) is 0 Å². The Labute approximate surface area is 214 Å². The second kappa shape index (κ2) is 11.6. The molecule has 2 aromatic heterocycles. The molecule has 10 nitrogen and oxygen atoms in total. The van der Waals surface area contributed by atoms with Gasteiger partial charge in [0.15, 0.2) is 18.2 Å². The third-order valence-electron chi connectivity index (χ3n) is 6.28. The van der Waals surface area contributed by atoms with Crippen molar-refractivity contribution in [1.82, 2.24) is 19.9 Å². The summed E-state index contributed by atoms with van der Waals surface area (Å²) in [4.78, 5) is 35.9. The number of nitrogens with zero attached hydrogens (tertiary/aromatic N) is 4. The molecule has 4 rings (SSSR count). The predicted molar refractivity (Wildman–Crippen MR) is 141 cm³/mol. The molecule has 3 heterocycles. The lowest BCUT2D eigenvalue weighted by atomic mass is 10.00. The number of benzene rings is 1. The molecule has 1 fully saturated rings. The van der Waals surface area contributed by atoms with Gasteiger partial charge in [-0.3, -0.25) is 9.59 Å². The minimum atomic E-state index is -0.330. The number of carbonyl (C=O) groups is 1. The number of aromatic nitrogens is 3. The molecule has 1 amide bonds. The molecule has 0 spiro atoms. The Hall–Kier alpha value is -3.37. The van der Waals surface area contributed by atoms with Crippen LogP contribution in [0.3, 0.4) is 0 Å². The SMILES string of the molecule is CNC(=O)COc1cc2cc(Nc3nc(N4CCC(C)CC4)ncc3Cl)ccc2n(CCOC)c1=O. The number of ether oxygens (including phenoxy) is 2. The molecule has 0 unspecified atom stereocenters. The maximum atomic E-state index is 13.0. The number of piperidine rings is 1. The highest BCUT2D eigenvalue weighted by atomic mass is 35.5. The van der Waals surface area contributed by atoms with Gasteiger partial charge in [-0.05, 0) is 43.0 Å². The fraction of sp³-hybridized carbons (Fsp3) is 0.440. The molecule has 11 heteroatoms. The molecule has 0 atom stereocenters. The van der Waals surface area contributed by atoms with Crippen molar-refractivity contribution in [2.45, 2.75) is 26.3 Å². The number of fused-ring (bicyclic) bond motifs is 1. The number of likely N-dealkylation sites (N-methyl/N-ethyl adjacent to an activating group) is 1. The zero-order valence-corrected chi connectivity index (χ0v) is 21.5. The van der Waals surface area contributed by atoms with E-state index in [1.807, 2.05) is 18.2 Å². The van der Waals surface area contributed by atoms with Crippen molar-refractivity contribution in [3.05, 3.63) is 45.8 Å². The maximum Gasteiger partial charge on any atom is 0.293 e. The van der Waals surface area contributed by atoms with Crippen LogP contribution < -0.4 is 25.8 Å².